The fraction of sp³-hybridized carbons (Fsp3) is 0.646. The summed E-state index contributed by atoms with van der Waals surface area (Å²) in [4.78, 5) is 244. The van der Waals surface area contributed by atoms with Crippen molar-refractivity contribution in [2.75, 3.05) is 153 Å². The van der Waals surface area contributed by atoms with Crippen molar-refractivity contribution in [2.45, 2.75) is 125 Å². The maximum Gasteiger partial charge on any atom is 0.328 e. The predicted octanol–water partition coefficient (Wildman–Crippen LogP) is -12.6. The number of hydrogen-bond acceptors (Lipinski definition) is 33. The molecule has 2 aromatic rings. The summed E-state index contributed by atoms with van der Waals surface area (Å²) in [6.07, 6.45) is -0.990. The largest absolute Gasteiger partial charge is 0.480 e. The third-order valence-corrected chi connectivity index (χ3v) is 18.0. The van der Waals surface area contributed by atoms with Gasteiger partial charge >= 0.3 is 29.8 Å². The van der Waals surface area contributed by atoms with Crippen molar-refractivity contribution in [1.29, 1.82) is 0 Å². The molecule has 0 aliphatic carbocycles. The molecule has 1 aromatic carbocycles. The average Bonchev–Trinajstić information content (AvgIpc) is 0.834. The minimum absolute atomic E-state index is 0.00443. The number of unbranched alkanes of at least 4 members (excludes halogenated alkanes) is 1. The van der Waals surface area contributed by atoms with Crippen molar-refractivity contribution in [1.82, 2.24) is 77.4 Å². The molecular formula is C65H104N20O28S2. The highest BCUT2D eigenvalue weighted by molar-refractivity contribution is 7.80. The number of imidazole rings is 1. The van der Waals surface area contributed by atoms with E-state index in [0.29, 0.717) is 5.69 Å². The summed E-state index contributed by atoms with van der Waals surface area (Å²) >= 11 is 8.08. The molecule has 1 unspecified atom stereocenters. The first-order valence-corrected chi connectivity index (χ1v) is 37.3. The summed E-state index contributed by atoms with van der Waals surface area (Å²) in [7, 11) is 0. The van der Waals surface area contributed by atoms with E-state index < -0.39 is 229 Å². The number of ether oxygens (including phenoxy) is 2. The van der Waals surface area contributed by atoms with Gasteiger partial charge in [-0.05, 0) is 45.6 Å². The van der Waals surface area contributed by atoms with Crippen molar-refractivity contribution in [3.8, 4) is 0 Å². The number of aromatic nitrogens is 2. The number of carboxylic acids is 5. The number of aliphatic hydroxyl groups excluding tert-OH is 3. The quantitative estimate of drug-likeness (QED) is 0.0166. The zero-order valence-corrected chi connectivity index (χ0v) is 64.6. The van der Waals surface area contributed by atoms with Gasteiger partial charge in [-0.1, -0.05) is 0 Å². The Morgan fingerprint density at radius 1 is 0.504 bits per heavy atom. The van der Waals surface area contributed by atoms with Crippen LogP contribution < -0.4 is 86.5 Å². The van der Waals surface area contributed by atoms with Crippen LogP contribution in [0.1, 0.15) is 57.6 Å². The standard InChI is InChI=1S/C65H104N20O28S2/c1-34(88)51(65(110)111)81-63(107)43(32-115)80-61(105)41(29-87)78-59(103)39(23-46(68)90)75-56(100)36(5-2-3-7-66)74-58(102)38(22-45(67)89)76-62(106)42(31-114)79-60(104)40(28-86)77-57(101)37(21-35-24-69-33-72-35)73-47(91)30-113-20-19-112-18-9-71-53-52(54(98)55(53)99)70-8-4-6-44(64(108)109)85-16-14-83(26-49(94)95)12-10-82(25-48(92)93)11-13-84(15-17-85)27-50(96)97/h24,33-34,36-44,51,70-71,86-88,114-115H,2-23,25-32,66H2,1H3,(H2,67,89)(H2,68,90)(H,69,72)(H,73,91)(H,74,102)(H,75,100)(H,76,106)(H,77,101)(H,78,103)(H,79,104)(H,80,105)(H,81,107)(H,92,93)(H,94,95)(H,96,97)(H,108,109)(H,110,111)/t34-,36+,37+,38+,39+,40+,41+,42+,43+,44?,51+/m1/s1. The van der Waals surface area contributed by atoms with Crippen LogP contribution in [0.3, 0.4) is 0 Å². The van der Waals surface area contributed by atoms with Gasteiger partial charge in [0.1, 0.15) is 72.4 Å². The molecule has 1 aromatic heterocycles. The predicted molar refractivity (Wildman–Crippen MR) is 406 cm³/mol. The van der Waals surface area contributed by atoms with Crippen LogP contribution >= 0.6 is 25.3 Å². The number of hydrogen-bond donors (Lipinski definition) is 25. The van der Waals surface area contributed by atoms with Crippen LogP contribution in [0, 0.1) is 0 Å². The lowest BCUT2D eigenvalue weighted by Crippen LogP contribution is -2.62. The maximum atomic E-state index is 14.0. The zero-order valence-electron chi connectivity index (χ0n) is 62.8. The van der Waals surface area contributed by atoms with Crippen molar-refractivity contribution < 1.29 is 127 Å². The number of nitrogens with two attached hydrogens (primary N) is 3. The molecule has 3 rings (SSSR count). The molecule has 48 nitrogen and oxygen atoms in total. The van der Waals surface area contributed by atoms with E-state index in [1.165, 1.54) is 12.5 Å². The summed E-state index contributed by atoms with van der Waals surface area (Å²) in [6.45, 7) is -2.60. The van der Waals surface area contributed by atoms with Gasteiger partial charge in [0.15, 0.2) is 6.04 Å². The van der Waals surface area contributed by atoms with Gasteiger partial charge in [-0.25, -0.2) is 9.78 Å². The first-order valence-electron chi connectivity index (χ1n) is 36.0. The summed E-state index contributed by atoms with van der Waals surface area (Å²) in [6, 6.07) is -17.2. The number of carbonyl (C=O) groups excluding carboxylic acids is 11. The average molecular weight is 1680 g/mol. The number of aromatic amines is 1. The number of primary amides is 2. The Kier molecular flexibility index (Phi) is 44.9. The zero-order chi connectivity index (χ0) is 86.0. The van der Waals surface area contributed by atoms with E-state index in [0.717, 1.165) is 6.92 Å². The van der Waals surface area contributed by atoms with E-state index in [1.807, 2.05) is 5.32 Å². The molecule has 1 saturated heterocycles. The van der Waals surface area contributed by atoms with E-state index in [1.54, 1.807) is 19.6 Å². The first-order chi connectivity index (χ1) is 54.5. The second-order valence-electron chi connectivity index (χ2n) is 26.2. The Bertz CT molecular complexity index is 3640. The molecule has 1 aliphatic rings. The van der Waals surface area contributed by atoms with Gasteiger partial charge in [-0.2, -0.15) is 25.3 Å². The van der Waals surface area contributed by atoms with Gasteiger partial charge in [-0.3, -0.25) is 101 Å². The maximum absolute atomic E-state index is 14.0. The van der Waals surface area contributed by atoms with Crippen LogP contribution in [0.15, 0.2) is 22.1 Å². The fourth-order valence-electron chi connectivity index (χ4n) is 11.2. The molecule has 115 heavy (non-hydrogen) atoms. The van der Waals surface area contributed by atoms with E-state index in [9.17, 15) is 127 Å². The summed E-state index contributed by atoms with van der Waals surface area (Å²) < 4.78 is 11.0. The highest BCUT2D eigenvalue weighted by atomic mass is 32.1. The smallest absolute Gasteiger partial charge is 0.328 e. The Balaban J connectivity index is 1.60. The SMILES string of the molecule is C[C@@H](O)[C@H](NC(=O)[C@H](CS)NC(=O)[C@H](CO)NC(=O)[C@H](CC(N)=O)NC(=O)[C@H](CCCCN)NC(=O)[C@H](CC(N)=O)NC(=O)[C@H](CS)NC(=O)[C@H](CO)NC(=O)[C@H](Cc1cnc[nH]1)NC(=O)COCCOCCNc1c(NCCCC(C(=O)O)N2CCN(CC(=O)O)CCN(CC(=O)O)CCN(CC(=O)O)CC2)c(=O)c1=O)C(=O)O. The molecule has 1 fully saturated rings. The minimum atomic E-state index is -1.95. The molecule has 0 bridgehead atoms. The number of nitrogens with zero attached hydrogens (tertiary/aromatic N) is 5. The molecule has 26 N–H and O–H groups in total. The van der Waals surface area contributed by atoms with Gasteiger partial charge in [0.2, 0.25) is 65.0 Å². The topological polar surface area (TPSA) is 740 Å². The van der Waals surface area contributed by atoms with Crippen LogP contribution in [-0.2, 0) is 92.6 Å². The number of thiol groups is 2. The van der Waals surface area contributed by atoms with Crippen molar-refractivity contribution >= 4 is 131 Å². The molecule has 2 heterocycles. The monoisotopic (exact) mass is 1680 g/mol. The third-order valence-electron chi connectivity index (χ3n) is 17.3. The molecule has 50 heteroatoms. The Morgan fingerprint density at radius 2 is 0.913 bits per heavy atom. The fourth-order valence-corrected chi connectivity index (χ4v) is 11.7. The number of rotatable bonds is 55. The Labute approximate surface area is 667 Å². The summed E-state index contributed by atoms with van der Waals surface area (Å²) in [5.74, 6) is -20.3. The number of carbonyl (C=O) groups is 16. The molecule has 11 amide bonds. The van der Waals surface area contributed by atoms with Crippen molar-refractivity contribution in [3.05, 3.63) is 38.7 Å². The van der Waals surface area contributed by atoms with Crippen molar-refractivity contribution in [3.63, 3.8) is 0 Å². The number of H-pyrrole nitrogens is 1. The van der Waals surface area contributed by atoms with Crippen LogP contribution in [0.5, 0.6) is 0 Å². The van der Waals surface area contributed by atoms with E-state index >= 15 is 0 Å². The third kappa shape index (κ3) is 36.4. The van der Waals surface area contributed by atoms with Crippen LogP contribution in [0.4, 0.5) is 11.4 Å². The van der Waals surface area contributed by atoms with E-state index in [-0.39, 0.29) is 148 Å². The summed E-state index contributed by atoms with van der Waals surface area (Å²) in [5.41, 5.74) is 15.0. The molecular weight excluding hydrogens is 1570 g/mol. The minimum Gasteiger partial charge on any atom is -0.480 e. The molecule has 0 spiro atoms. The lowest BCUT2D eigenvalue weighted by molar-refractivity contribution is -0.145. The van der Waals surface area contributed by atoms with Crippen molar-refractivity contribution in [2.24, 2.45) is 17.2 Å². The highest BCUT2D eigenvalue weighted by Crippen LogP contribution is 2.17. The number of aliphatic carboxylic acids is 5. The van der Waals surface area contributed by atoms with E-state index in [2.05, 4.69) is 88.4 Å². The number of carboxylic acid groups (broad SMARTS) is 5. The number of aliphatic hydroxyl groups is 3. The lowest BCUT2D eigenvalue weighted by Gasteiger charge is -2.35. The van der Waals surface area contributed by atoms with Gasteiger partial charge in [0.05, 0.1) is 77.9 Å². The van der Waals surface area contributed by atoms with Gasteiger partial charge in [0.25, 0.3) is 10.9 Å². The Morgan fingerprint density at radius 3 is 1.33 bits per heavy atom. The molecule has 11 atom stereocenters. The van der Waals surface area contributed by atoms with Crippen LogP contribution in [0.25, 0.3) is 0 Å². The van der Waals surface area contributed by atoms with Gasteiger partial charge in [0, 0.05) is 95.3 Å². The molecule has 0 radical (unpaired) electrons. The second kappa shape index (κ2) is 52.2. The van der Waals surface area contributed by atoms with Gasteiger partial charge < -0.3 is 131 Å². The van der Waals surface area contributed by atoms with Gasteiger partial charge in [-0.15, -0.1) is 0 Å². The molecule has 1 aliphatic heterocycles. The normalized spacial score (nSPS) is 16.2. The molecule has 0 saturated carbocycles. The highest BCUT2D eigenvalue weighted by Gasteiger charge is 2.38. The number of amides is 11. The molecule has 644 valence electrons. The second-order valence-corrected chi connectivity index (χ2v) is 26.9. The lowest BCUT2D eigenvalue weighted by atomic mass is 10.1. The number of nitrogens with one attached hydrogen (secondary N) is 12. The van der Waals surface area contributed by atoms with Crippen LogP contribution in [0.2, 0.25) is 0 Å². The number of anilines is 2. The first kappa shape index (κ1) is 98.9. The Hall–Kier alpha value is -10.3. The van der Waals surface area contributed by atoms with Crippen LogP contribution in [-0.4, -0.2) is 375 Å². The summed E-state index contributed by atoms with van der Waals surface area (Å²) in [5, 5.41) is 104. The van der Waals surface area contributed by atoms with E-state index in [4.69, 9.17) is 26.7 Å².